The van der Waals surface area contributed by atoms with Gasteiger partial charge in [-0.3, -0.25) is 0 Å². The maximum absolute atomic E-state index is 13.1. The van der Waals surface area contributed by atoms with Crippen LogP contribution in [0.15, 0.2) is 30.9 Å². The van der Waals surface area contributed by atoms with E-state index in [1.165, 1.54) is 12.1 Å². The number of rotatable bonds is 3. The Morgan fingerprint density at radius 3 is 2.57 bits per heavy atom. The molecule has 1 atom stereocenters. The van der Waals surface area contributed by atoms with Gasteiger partial charge in [0.15, 0.2) is 0 Å². The van der Waals surface area contributed by atoms with Crippen LogP contribution in [0.3, 0.4) is 0 Å². The van der Waals surface area contributed by atoms with E-state index in [1.54, 1.807) is 6.08 Å². The number of halogens is 3. The topological polar surface area (TPSA) is 26.0 Å². The van der Waals surface area contributed by atoms with Crippen molar-refractivity contribution < 1.29 is 8.78 Å². The molecule has 0 aliphatic heterocycles. The summed E-state index contributed by atoms with van der Waals surface area (Å²) in [5.41, 5.74) is 5.94. The Bertz CT molecular complexity index is 315. The molecule has 1 aromatic carbocycles. The van der Waals surface area contributed by atoms with Crippen molar-refractivity contribution in [3.05, 3.63) is 48.1 Å². The summed E-state index contributed by atoms with van der Waals surface area (Å²) >= 11 is 0. The van der Waals surface area contributed by atoms with E-state index in [9.17, 15) is 8.78 Å². The first kappa shape index (κ1) is 13.1. The predicted molar refractivity (Wildman–Crippen MR) is 55.3 cm³/mol. The van der Waals surface area contributed by atoms with Crippen LogP contribution in [-0.2, 0) is 0 Å². The first-order valence-electron chi connectivity index (χ1n) is 3.96. The lowest BCUT2D eigenvalue weighted by Crippen LogP contribution is -2.11. The molecule has 0 aliphatic carbocycles. The lowest BCUT2D eigenvalue weighted by atomic mass is 10.0. The third-order valence-electron chi connectivity index (χ3n) is 1.78. The number of benzene rings is 1. The zero-order valence-electron chi connectivity index (χ0n) is 7.54. The predicted octanol–water partition coefficient (Wildman–Crippen LogP) is 2.96. The summed E-state index contributed by atoms with van der Waals surface area (Å²) in [7, 11) is 0. The summed E-state index contributed by atoms with van der Waals surface area (Å²) in [6.07, 6.45) is 2.08. The second-order valence-electron chi connectivity index (χ2n) is 2.80. The van der Waals surface area contributed by atoms with Crippen molar-refractivity contribution in [2.24, 2.45) is 5.73 Å². The van der Waals surface area contributed by atoms with Crippen LogP contribution in [0.25, 0.3) is 0 Å². The van der Waals surface area contributed by atoms with E-state index in [0.29, 0.717) is 12.0 Å². The van der Waals surface area contributed by atoms with Gasteiger partial charge >= 0.3 is 0 Å². The zero-order valence-corrected chi connectivity index (χ0v) is 8.36. The number of nitrogens with two attached hydrogens (primary N) is 1. The maximum Gasteiger partial charge on any atom is 0.130 e. The summed E-state index contributed by atoms with van der Waals surface area (Å²) in [5.74, 6) is -1.19. The molecule has 0 unspecified atom stereocenters. The van der Waals surface area contributed by atoms with Crippen molar-refractivity contribution >= 4 is 12.4 Å². The molecule has 0 heterocycles. The smallest absolute Gasteiger partial charge is 0.130 e. The molecule has 78 valence electrons. The molecule has 0 aromatic heterocycles. The molecular weight excluding hydrogens is 208 g/mol. The summed E-state index contributed by atoms with van der Waals surface area (Å²) in [6, 6.07) is 2.94. The van der Waals surface area contributed by atoms with E-state index in [1.807, 2.05) is 0 Å². The number of hydrogen-bond donors (Lipinski definition) is 1. The van der Waals surface area contributed by atoms with Crippen molar-refractivity contribution in [3.8, 4) is 0 Å². The van der Waals surface area contributed by atoms with Crippen LogP contribution in [0.2, 0.25) is 0 Å². The lowest BCUT2D eigenvalue weighted by Gasteiger charge is -2.09. The largest absolute Gasteiger partial charge is 0.324 e. The molecule has 4 heteroatoms. The van der Waals surface area contributed by atoms with Gasteiger partial charge in [0.25, 0.3) is 0 Å². The highest BCUT2D eigenvalue weighted by Gasteiger charge is 2.10. The molecular formula is C10H12ClF2N. The quantitative estimate of drug-likeness (QED) is 0.778. The molecule has 0 fully saturated rings. The minimum absolute atomic E-state index is 0. The van der Waals surface area contributed by atoms with Crippen molar-refractivity contribution in [2.45, 2.75) is 12.5 Å². The third kappa shape index (κ3) is 3.09. The number of hydrogen-bond acceptors (Lipinski definition) is 1. The SMILES string of the molecule is C=CC[C@H](N)c1ccc(F)cc1F.Cl. The maximum atomic E-state index is 13.1. The van der Waals surface area contributed by atoms with Gasteiger partial charge in [-0.05, 0) is 12.5 Å². The highest BCUT2D eigenvalue weighted by Crippen LogP contribution is 2.18. The van der Waals surface area contributed by atoms with Crippen LogP contribution in [0, 0.1) is 11.6 Å². The average molecular weight is 220 g/mol. The second-order valence-corrected chi connectivity index (χ2v) is 2.80. The fourth-order valence-corrected chi connectivity index (χ4v) is 1.11. The van der Waals surface area contributed by atoms with E-state index in [0.717, 1.165) is 6.07 Å². The van der Waals surface area contributed by atoms with E-state index >= 15 is 0 Å². The summed E-state index contributed by atoms with van der Waals surface area (Å²) in [4.78, 5) is 0. The van der Waals surface area contributed by atoms with E-state index < -0.39 is 17.7 Å². The molecule has 0 aliphatic rings. The Hall–Kier alpha value is -0.930. The van der Waals surface area contributed by atoms with E-state index in [2.05, 4.69) is 6.58 Å². The first-order valence-corrected chi connectivity index (χ1v) is 3.96. The molecule has 1 rings (SSSR count). The monoisotopic (exact) mass is 219 g/mol. The zero-order chi connectivity index (χ0) is 9.84. The summed E-state index contributed by atoms with van der Waals surface area (Å²) in [5, 5.41) is 0. The Morgan fingerprint density at radius 1 is 1.43 bits per heavy atom. The lowest BCUT2D eigenvalue weighted by molar-refractivity contribution is 0.556. The Morgan fingerprint density at radius 2 is 2.07 bits per heavy atom. The van der Waals surface area contributed by atoms with Crippen LogP contribution in [0.1, 0.15) is 18.0 Å². The first-order chi connectivity index (χ1) is 6.15. The van der Waals surface area contributed by atoms with Gasteiger partial charge in [0.1, 0.15) is 11.6 Å². The van der Waals surface area contributed by atoms with Gasteiger partial charge in [0.2, 0.25) is 0 Å². The van der Waals surface area contributed by atoms with E-state index in [4.69, 9.17) is 5.73 Å². The minimum atomic E-state index is -0.602. The van der Waals surface area contributed by atoms with Crippen LogP contribution in [0.5, 0.6) is 0 Å². The minimum Gasteiger partial charge on any atom is -0.324 e. The Kier molecular flexibility index (Phi) is 5.35. The summed E-state index contributed by atoms with van der Waals surface area (Å²) < 4.78 is 25.6. The van der Waals surface area contributed by atoms with Gasteiger partial charge in [-0.15, -0.1) is 19.0 Å². The highest BCUT2D eigenvalue weighted by molar-refractivity contribution is 5.85. The normalized spacial score (nSPS) is 11.6. The third-order valence-corrected chi connectivity index (χ3v) is 1.78. The van der Waals surface area contributed by atoms with Gasteiger partial charge in [-0.2, -0.15) is 0 Å². The molecule has 1 aromatic rings. The fourth-order valence-electron chi connectivity index (χ4n) is 1.11. The summed E-state index contributed by atoms with van der Waals surface area (Å²) in [6.45, 7) is 3.50. The Labute approximate surface area is 88.0 Å². The van der Waals surface area contributed by atoms with Crippen molar-refractivity contribution in [1.29, 1.82) is 0 Å². The van der Waals surface area contributed by atoms with Crippen molar-refractivity contribution in [2.75, 3.05) is 0 Å². The molecule has 0 saturated heterocycles. The molecule has 1 nitrogen and oxygen atoms in total. The van der Waals surface area contributed by atoms with Gasteiger partial charge < -0.3 is 5.73 Å². The van der Waals surface area contributed by atoms with Crippen LogP contribution in [0.4, 0.5) is 8.78 Å². The Balaban J connectivity index is 0.00000169. The molecule has 0 spiro atoms. The van der Waals surface area contributed by atoms with Crippen LogP contribution >= 0.6 is 12.4 Å². The molecule has 0 radical (unpaired) electrons. The van der Waals surface area contributed by atoms with E-state index in [-0.39, 0.29) is 12.4 Å². The fraction of sp³-hybridized carbons (Fsp3) is 0.200. The van der Waals surface area contributed by atoms with Crippen molar-refractivity contribution in [3.63, 3.8) is 0 Å². The molecule has 0 bridgehead atoms. The van der Waals surface area contributed by atoms with Gasteiger partial charge in [-0.1, -0.05) is 12.1 Å². The molecule has 0 saturated carbocycles. The van der Waals surface area contributed by atoms with Crippen LogP contribution < -0.4 is 5.73 Å². The van der Waals surface area contributed by atoms with Gasteiger partial charge in [0, 0.05) is 17.7 Å². The van der Waals surface area contributed by atoms with Gasteiger partial charge in [-0.25, -0.2) is 8.78 Å². The average Bonchev–Trinajstić information content (AvgIpc) is 2.04. The molecule has 14 heavy (non-hydrogen) atoms. The molecule has 0 amide bonds. The standard InChI is InChI=1S/C10H11F2N.ClH/c1-2-3-10(13)8-5-4-7(11)6-9(8)12;/h2,4-6,10H,1,3,13H2;1H/t10-;/m0./s1. The molecule has 2 N–H and O–H groups in total. The van der Waals surface area contributed by atoms with Crippen molar-refractivity contribution in [1.82, 2.24) is 0 Å². The highest BCUT2D eigenvalue weighted by atomic mass is 35.5. The van der Waals surface area contributed by atoms with Crippen LogP contribution in [-0.4, -0.2) is 0 Å². The second kappa shape index (κ2) is 5.73. The van der Waals surface area contributed by atoms with Gasteiger partial charge in [0.05, 0.1) is 0 Å².